The van der Waals surface area contributed by atoms with Crippen molar-refractivity contribution in [2.45, 2.75) is 27.3 Å². The Balaban J connectivity index is 1.86. The smallest absolute Gasteiger partial charge is 0.269 e. The lowest BCUT2D eigenvalue weighted by molar-refractivity contribution is 0.106. The molecular weight excluding hydrogens is 433 g/mol. The summed E-state index contributed by atoms with van der Waals surface area (Å²) in [7, 11) is 0. The molecule has 166 valence electrons. The van der Waals surface area contributed by atoms with Crippen LogP contribution in [0.15, 0.2) is 71.5 Å². The highest BCUT2D eigenvalue weighted by molar-refractivity contribution is 7.07. The third kappa shape index (κ3) is 5.44. The molecule has 0 aliphatic rings. The van der Waals surface area contributed by atoms with Crippen LogP contribution in [0.4, 0.5) is 4.39 Å². The fourth-order valence-corrected chi connectivity index (χ4v) is 4.78. The first-order chi connectivity index (χ1) is 15.8. The molecule has 0 spiro atoms. The second-order valence-electron chi connectivity index (χ2n) is 8.27. The number of benzene rings is 3. The molecule has 0 saturated heterocycles. The minimum absolute atomic E-state index is 0.169. The van der Waals surface area contributed by atoms with Gasteiger partial charge in [-0.05, 0) is 62.2 Å². The molecular formula is C28H24FNO2S. The Kier molecular flexibility index (Phi) is 6.52. The second kappa shape index (κ2) is 9.51. The molecule has 0 bridgehead atoms. The SMILES string of the molecule is Cc1ccc(/C=c2\s/c(=C\C(=O)c3cc(C)cc(C)c3)n(Cc3cccc(F)c3)c2=O)cc1. The van der Waals surface area contributed by atoms with Gasteiger partial charge in [-0.2, -0.15) is 0 Å². The van der Waals surface area contributed by atoms with E-state index >= 15 is 0 Å². The molecule has 0 radical (unpaired) electrons. The van der Waals surface area contributed by atoms with Gasteiger partial charge in [0, 0.05) is 11.6 Å². The summed E-state index contributed by atoms with van der Waals surface area (Å²) in [5, 5.41) is 0. The second-order valence-corrected chi connectivity index (χ2v) is 9.33. The van der Waals surface area contributed by atoms with Gasteiger partial charge in [-0.25, -0.2) is 4.39 Å². The van der Waals surface area contributed by atoms with Crippen molar-refractivity contribution in [3.63, 3.8) is 0 Å². The van der Waals surface area contributed by atoms with Crippen molar-refractivity contribution >= 4 is 29.3 Å². The quantitative estimate of drug-likeness (QED) is 0.414. The van der Waals surface area contributed by atoms with Gasteiger partial charge in [0.25, 0.3) is 5.56 Å². The predicted octanol–water partition coefficient (Wildman–Crippen LogP) is 4.51. The molecule has 3 aromatic carbocycles. The number of aryl methyl sites for hydroxylation is 3. The van der Waals surface area contributed by atoms with E-state index in [2.05, 4.69) is 0 Å². The van der Waals surface area contributed by atoms with Gasteiger partial charge in [0.15, 0.2) is 5.78 Å². The highest BCUT2D eigenvalue weighted by atomic mass is 32.1. The van der Waals surface area contributed by atoms with Gasteiger partial charge in [0.1, 0.15) is 10.5 Å². The van der Waals surface area contributed by atoms with Gasteiger partial charge < -0.3 is 0 Å². The van der Waals surface area contributed by atoms with Crippen LogP contribution in [0.5, 0.6) is 0 Å². The normalized spacial score (nSPS) is 12.4. The van der Waals surface area contributed by atoms with Crippen LogP contribution in [0.1, 0.15) is 38.2 Å². The third-order valence-corrected chi connectivity index (χ3v) is 6.36. The molecule has 4 aromatic rings. The van der Waals surface area contributed by atoms with Gasteiger partial charge in [-0.15, -0.1) is 11.3 Å². The van der Waals surface area contributed by atoms with Gasteiger partial charge in [-0.3, -0.25) is 14.2 Å². The predicted molar refractivity (Wildman–Crippen MR) is 133 cm³/mol. The van der Waals surface area contributed by atoms with Crippen LogP contribution in [-0.4, -0.2) is 10.4 Å². The van der Waals surface area contributed by atoms with Gasteiger partial charge in [0.2, 0.25) is 0 Å². The maximum Gasteiger partial charge on any atom is 0.269 e. The molecule has 0 saturated carbocycles. The average molecular weight is 458 g/mol. The Morgan fingerprint density at radius 2 is 1.64 bits per heavy atom. The van der Waals surface area contributed by atoms with Gasteiger partial charge >= 0.3 is 0 Å². The maximum atomic E-state index is 13.8. The van der Waals surface area contributed by atoms with E-state index in [4.69, 9.17) is 0 Å². The summed E-state index contributed by atoms with van der Waals surface area (Å²) < 4.78 is 16.3. The zero-order chi connectivity index (χ0) is 23.5. The summed E-state index contributed by atoms with van der Waals surface area (Å²) in [6.07, 6.45) is 3.33. The Labute approximate surface area is 195 Å². The molecule has 33 heavy (non-hydrogen) atoms. The summed E-state index contributed by atoms with van der Waals surface area (Å²) in [4.78, 5) is 26.4. The van der Waals surface area contributed by atoms with E-state index < -0.39 is 0 Å². The van der Waals surface area contributed by atoms with Gasteiger partial charge in [0.05, 0.1) is 11.1 Å². The largest absolute Gasteiger partial charge is 0.294 e. The van der Waals surface area contributed by atoms with Crippen LogP contribution < -0.4 is 14.8 Å². The summed E-state index contributed by atoms with van der Waals surface area (Å²) in [5.74, 6) is -0.531. The molecule has 0 N–H and O–H groups in total. The summed E-state index contributed by atoms with van der Waals surface area (Å²) >= 11 is 1.26. The van der Waals surface area contributed by atoms with E-state index in [0.717, 1.165) is 22.3 Å². The van der Waals surface area contributed by atoms with Crippen LogP contribution in [0.25, 0.3) is 12.2 Å². The van der Waals surface area contributed by atoms with E-state index in [0.29, 0.717) is 20.3 Å². The molecule has 0 fully saturated rings. The number of hydrogen-bond donors (Lipinski definition) is 0. The van der Waals surface area contributed by atoms with Crippen molar-refractivity contribution in [1.29, 1.82) is 0 Å². The lowest BCUT2D eigenvalue weighted by atomic mass is 10.0. The number of halogens is 1. The van der Waals surface area contributed by atoms with Crippen molar-refractivity contribution < 1.29 is 9.18 Å². The topological polar surface area (TPSA) is 39.1 Å². The number of aromatic nitrogens is 1. The number of hydrogen-bond acceptors (Lipinski definition) is 3. The number of carbonyl (C=O) groups is 1. The minimum Gasteiger partial charge on any atom is -0.294 e. The molecule has 0 aliphatic carbocycles. The number of rotatable bonds is 5. The monoisotopic (exact) mass is 457 g/mol. The zero-order valence-electron chi connectivity index (χ0n) is 18.8. The van der Waals surface area contributed by atoms with E-state index in [1.807, 2.05) is 69.3 Å². The fourth-order valence-electron chi connectivity index (χ4n) is 3.74. The van der Waals surface area contributed by atoms with E-state index in [9.17, 15) is 14.0 Å². The zero-order valence-corrected chi connectivity index (χ0v) is 19.6. The number of ketones is 1. The van der Waals surface area contributed by atoms with Crippen molar-refractivity contribution in [3.05, 3.63) is 125 Å². The first-order valence-corrected chi connectivity index (χ1v) is 11.5. The summed E-state index contributed by atoms with van der Waals surface area (Å²) in [5.41, 5.74) is 5.08. The van der Waals surface area contributed by atoms with Crippen LogP contribution in [0, 0.1) is 26.6 Å². The first kappa shape index (κ1) is 22.6. The standard InChI is InChI=1S/C28H24FNO2S/c1-18-7-9-21(10-8-18)15-26-28(32)30(17-22-5-4-6-24(29)14-22)27(33-26)16-25(31)23-12-19(2)11-20(3)13-23/h4-16H,17H2,1-3H3/b26-15-,27-16-. The Morgan fingerprint density at radius 1 is 0.939 bits per heavy atom. The molecule has 0 atom stereocenters. The third-order valence-electron chi connectivity index (χ3n) is 5.30. The average Bonchev–Trinajstić information content (AvgIpc) is 3.03. The molecule has 4 rings (SSSR count). The molecule has 1 heterocycles. The Hall–Kier alpha value is -3.57. The van der Waals surface area contributed by atoms with Crippen molar-refractivity contribution in [2.24, 2.45) is 0 Å². The maximum absolute atomic E-state index is 13.8. The number of thiazole rings is 1. The highest BCUT2D eigenvalue weighted by Crippen LogP contribution is 2.10. The number of nitrogens with zero attached hydrogens (tertiary/aromatic N) is 1. The van der Waals surface area contributed by atoms with Crippen LogP contribution in [0.2, 0.25) is 0 Å². The molecule has 0 amide bonds. The lowest BCUT2D eigenvalue weighted by Gasteiger charge is -2.04. The minimum atomic E-state index is -0.362. The van der Waals surface area contributed by atoms with Crippen molar-refractivity contribution in [2.75, 3.05) is 0 Å². The molecule has 1 aromatic heterocycles. The Bertz CT molecular complexity index is 1490. The lowest BCUT2D eigenvalue weighted by Crippen LogP contribution is -2.32. The van der Waals surface area contributed by atoms with Gasteiger partial charge in [-0.1, -0.05) is 59.2 Å². The number of carbonyl (C=O) groups excluding carboxylic acids is 1. The highest BCUT2D eigenvalue weighted by Gasteiger charge is 2.10. The number of Topliss-reactive ketones (excluding diaryl/α,β-unsaturated/α-hetero) is 1. The van der Waals surface area contributed by atoms with Crippen LogP contribution in [0.3, 0.4) is 0 Å². The van der Waals surface area contributed by atoms with E-state index in [1.54, 1.807) is 16.7 Å². The summed E-state index contributed by atoms with van der Waals surface area (Å²) in [6.45, 7) is 6.08. The molecule has 0 aliphatic heterocycles. The molecule has 0 unspecified atom stereocenters. The Morgan fingerprint density at radius 3 is 2.30 bits per heavy atom. The summed E-state index contributed by atoms with van der Waals surface area (Å²) in [6, 6.07) is 19.7. The van der Waals surface area contributed by atoms with E-state index in [-0.39, 0.29) is 23.7 Å². The van der Waals surface area contributed by atoms with E-state index in [1.165, 1.54) is 29.5 Å². The molecule has 3 nitrogen and oxygen atoms in total. The molecule has 5 heteroatoms. The van der Waals surface area contributed by atoms with Crippen LogP contribution in [-0.2, 0) is 6.54 Å². The fraction of sp³-hybridized carbons (Fsp3) is 0.143. The van der Waals surface area contributed by atoms with Crippen LogP contribution >= 0.6 is 11.3 Å². The van der Waals surface area contributed by atoms with Crippen molar-refractivity contribution in [3.8, 4) is 0 Å². The van der Waals surface area contributed by atoms with Crippen molar-refractivity contribution in [1.82, 2.24) is 4.57 Å². The first-order valence-electron chi connectivity index (χ1n) is 10.7.